The van der Waals surface area contributed by atoms with Crippen molar-refractivity contribution < 1.29 is 18.7 Å². The van der Waals surface area contributed by atoms with E-state index < -0.39 is 5.91 Å². The Morgan fingerprint density at radius 2 is 1.88 bits per heavy atom. The third-order valence-corrected chi connectivity index (χ3v) is 4.17. The Morgan fingerprint density at radius 3 is 2.56 bits per heavy atom. The summed E-state index contributed by atoms with van der Waals surface area (Å²) < 4.78 is 23.5. The van der Waals surface area contributed by atoms with Crippen molar-refractivity contribution >= 4 is 34.2 Å². The highest BCUT2D eigenvalue weighted by Crippen LogP contribution is 2.24. The quantitative estimate of drug-likeness (QED) is 0.541. The molecule has 0 aliphatic rings. The molecule has 5 nitrogen and oxygen atoms in total. The summed E-state index contributed by atoms with van der Waals surface area (Å²) in [6, 6.07) is 14.2. The number of benzene rings is 2. The molecule has 0 radical (unpaired) electrons. The summed E-state index contributed by atoms with van der Waals surface area (Å²) in [5.41, 5.74) is 2.34. The lowest BCUT2D eigenvalue weighted by Crippen LogP contribution is -2.24. The van der Waals surface area contributed by atoms with E-state index in [1.807, 2.05) is 30.3 Å². The van der Waals surface area contributed by atoms with Crippen LogP contribution in [0.2, 0.25) is 0 Å². The third-order valence-electron chi connectivity index (χ3n) is 3.36. The molecule has 0 spiro atoms. The lowest BCUT2D eigenvalue weighted by Gasteiger charge is -2.07. The Bertz CT molecular complexity index is 924. The summed E-state index contributed by atoms with van der Waals surface area (Å²) in [5, 5.41) is 5.46. The van der Waals surface area contributed by atoms with E-state index in [9.17, 15) is 9.18 Å². The predicted octanol–water partition coefficient (Wildman–Crippen LogP) is 3.58. The van der Waals surface area contributed by atoms with Crippen LogP contribution in [-0.2, 0) is 4.79 Å². The summed E-state index contributed by atoms with van der Waals surface area (Å²) in [6.07, 6.45) is 1.38. The SMILES string of the molecule is COc1ccc2cc(OCC(=O)N/N=C/c3ccc(F)s3)ccc2c1. The molecule has 0 unspecified atom stereocenters. The van der Waals surface area contributed by atoms with E-state index in [1.165, 1.54) is 12.3 Å². The van der Waals surface area contributed by atoms with Gasteiger partial charge in [0.2, 0.25) is 0 Å². The molecule has 0 saturated heterocycles. The largest absolute Gasteiger partial charge is 0.497 e. The molecule has 0 saturated carbocycles. The van der Waals surface area contributed by atoms with Crippen LogP contribution in [0.5, 0.6) is 11.5 Å². The number of thiophene rings is 1. The number of hydrogen-bond acceptors (Lipinski definition) is 5. The average molecular weight is 358 g/mol. The van der Waals surface area contributed by atoms with Crippen LogP contribution in [0.4, 0.5) is 4.39 Å². The van der Waals surface area contributed by atoms with Crippen LogP contribution in [0.3, 0.4) is 0 Å². The zero-order valence-electron chi connectivity index (χ0n) is 13.4. The highest BCUT2D eigenvalue weighted by atomic mass is 32.1. The van der Waals surface area contributed by atoms with Gasteiger partial charge in [0, 0.05) is 0 Å². The second-order valence-corrected chi connectivity index (χ2v) is 6.16. The molecule has 1 N–H and O–H groups in total. The van der Waals surface area contributed by atoms with E-state index in [0.29, 0.717) is 10.6 Å². The van der Waals surface area contributed by atoms with E-state index >= 15 is 0 Å². The molecule has 25 heavy (non-hydrogen) atoms. The molecule has 0 atom stereocenters. The summed E-state index contributed by atoms with van der Waals surface area (Å²) in [6.45, 7) is -0.169. The lowest BCUT2D eigenvalue weighted by molar-refractivity contribution is -0.123. The Balaban J connectivity index is 1.54. The number of amides is 1. The molecule has 0 aliphatic heterocycles. The molecule has 3 rings (SSSR count). The summed E-state index contributed by atoms with van der Waals surface area (Å²) in [7, 11) is 1.62. The van der Waals surface area contributed by atoms with Crippen LogP contribution in [0, 0.1) is 5.13 Å². The number of carbonyl (C=O) groups is 1. The number of nitrogens with one attached hydrogen (secondary N) is 1. The van der Waals surface area contributed by atoms with Crippen molar-refractivity contribution in [2.75, 3.05) is 13.7 Å². The minimum atomic E-state index is -0.400. The van der Waals surface area contributed by atoms with Crippen molar-refractivity contribution in [2.24, 2.45) is 5.10 Å². The molecule has 3 aromatic rings. The van der Waals surface area contributed by atoms with Gasteiger partial charge >= 0.3 is 0 Å². The van der Waals surface area contributed by atoms with Crippen molar-refractivity contribution in [3.8, 4) is 11.5 Å². The monoisotopic (exact) mass is 358 g/mol. The van der Waals surface area contributed by atoms with Crippen LogP contribution in [0.25, 0.3) is 10.8 Å². The van der Waals surface area contributed by atoms with E-state index in [-0.39, 0.29) is 11.7 Å². The van der Waals surface area contributed by atoms with Gasteiger partial charge < -0.3 is 9.47 Å². The maximum Gasteiger partial charge on any atom is 0.277 e. The molecule has 0 aliphatic carbocycles. The van der Waals surface area contributed by atoms with Crippen molar-refractivity contribution in [2.45, 2.75) is 0 Å². The summed E-state index contributed by atoms with van der Waals surface area (Å²) >= 11 is 0.946. The summed E-state index contributed by atoms with van der Waals surface area (Å²) in [5.74, 6) is 0.962. The van der Waals surface area contributed by atoms with Gasteiger partial charge in [-0.2, -0.15) is 9.49 Å². The number of hydrogen-bond donors (Lipinski definition) is 1. The predicted molar refractivity (Wildman–Crippen MR) is 96.0 cm³/mol. The Hall–Kier alpha value is -2.93. The standard InChI is InChI=1S/C18H15FN2O3S/c1-23-14-4-2-13-9-15(5-3-12(13)8-14)24-11-18(22)21-20-10-16-6-7-17(19)25-16/h2-10H,11H2,1H3,(H,21,22)/b20-10+. The van der Waals surface area contributed by atoms with E-state index in [1.54, 1.807) is 19.2 Å². The van der Waals surface area contributed by atoms with Crippen LogP contribution < -0.4 is 14.9 Å². The highest BCUT2D eigenvalue weighted by molar-refractivity contribution is 7.12. The number of fused-ring (bicyclic) bond motifs is 1. The van der Waals surface area contributed by atoms with Crippen molar-refractivity contribution in [3.63, 3.8) is 0 Å². The maximum atomic E-state index is 12.8. The van der Waals surface area contributed by atoms with Gasteiger partial charge in [-0.3, -0.25) is 4.79 Å². The van der Waals surface area contributed by atoms with Gasteiger partial charge in [-0.1, -0.05) is 12.1 Å². The fraction of sp³-hybridized carbons (Fsp3) is 0.111. The molecule has 128 valence electrons. The number of carbonyl (C=O) groups excluding carboxylic acids is 1. The van der Waals surface area contributed by atoms with Gasteiger partial charge in [0.25, 0.3) is 5.91 Å². The van der Waals surface area contributed by atoms with Gasteiger partial charge in [-0.25, -0.2) is 5.43 Å². The molecule has 1 amide bonds. The van der Waals surface area contributed by atoms with Gasteiger partial charge in [0.05, 0.1) is 18.2 Å². The van der Waals surface area contributed by atoms with Gasteiger partial charge in [-0.05, 0) is 47.2 Å². The van der Waals surface area contributed by atoms with Crippen LogP contribution in [0.15, 0.2) is 53.6 Å². The molecule has 1 aromatic heterocycles. The van der Waals surface area contributed by atoms with Gasteiger partial charge in [0.15, 0.2) is 11.7 Å². The smallest absolute Gasteiger partial charge is 0.277 e. The second kappa shape index (κ2) is 7.76. The molecular formula is C18H15FN2O3S. The maximum absolute atomic E-state index is 12.8. The first-order valence-electron chi connectivity index (χ1n) is 7.42. The first-order valence-corrected chi connectivity index (χ1v) is 8.23. The van der Waals surface area contributed by atoms with Gasteiger partial charge in [-0.15, -0.1) is 11.3 Å². The Morgan fingerprint density at radius 1 is 1.16 bits per heavy atom. The fourth-order valence-corrected chi connectivity index (χ4v) is 2.77. The molecule has 7 heteroatoms. The first kappa shape index (κ1) is 16.9. The molecule has 0 fully saturated rings. The minimum Gasteiger partial charge on any atom is -0.497 e. The van der Waals surface area contributed by atoms with Gasteiger partial charge in [0.1, 0.15) is 11.5 Å². The van der Waals surface area contributed by atoms with E-state index in [4.69, 9.17) is 9.47 Å². The lowest BCUT2D eigenvalue weighted by atomic mass is 10.1. The summed E-state index contributed by atoms with van der Waals surface area (Å²) in [4.78, 5) is 12.3. The number of halogens is 1. The topological polar surface area (TPSA) is 59.9 Å². The zero-order chi connectivity index (χ0) is 17.6. The first-order chi connectivity index (χ1) is 12.1. The van der Waals surface area contributed by atoms with E-state index in [0.717, 1.165) is 27.9 Å². The van der Waals surface area contributed by atoms with Crippen LogP contribution in [-0.4, -0.2) is 25.8 Å². The molecule has 2 aromatic carbocycles. The second-order valence-electron chi connectivity index (χ2n) is 5.10. The van der Waals surface area contributed by atoms with Crippen molar-refractivity contribution in [1.29, 1.82) is 0 Å². The number of rotatable bonds is 6. The van der Waals surface area contributed by atoms with Crippen LogP contribution >= 0.6 is 11.3 Å². The number of ether oxygens (including phenoxy) is 2. The molecule has 1 heterocycles. The number of hydrazone groups is 1. The normalized spacial score (nSPS) is 11.0. The van der Waals surface area contributed by atoms with Crippen LogP contribution in [0.1, 0.15) is 4.88 Å². The van der Waals surface area contributed by atoms with Crippen molar-refractivity contribution in [3.05, 3.63) is 58.5 Å². The molecule has 0 bridgehead atoms. The minimum absolute atomic E-state index is 0.169. The highest BCUT2D eigenvalue weighted by Gasteiger charge is 2.04. The Kier molecular flexibility index (Phi) is 5.25. The third kappa shape index (κ3) is 4.54. The number of methoxy groups -OCH3 is 1. The fourth-order valence-electron chi connectivity index (χ4n) is 2.17. The Labute approximate surface area is 147 Å². The van der Waals surface area contributed by atoms with Crippen molar-refractivity contribution in [1.82, 2.24) is 5.43 Å². The van der Waals surface area contributed by atoms with E-state index in [2.05, 4.69) is 10.5 Å². The molecular weight excluding hydrogens is 343 g/mol. The number of nitrogens with zero attached hydrogens (tertiary/aromatic N) is 1. The zero-order valence-corrected chi connectivity index (χ0v) is 14.2. The average Bonchev–Trinajstić information content (AvgIpc) is 3.04.